The summed E-state index contributed by atoms with van der Waals surface area (Å²) in [5.74, 6) is -0.287. The Hall–Kier alpha value is -0.880. The average molecular weight is 443 g/mol. The Morgan fingerprint density at radius 2 is 1.20 bits per heavy atom. The third-order valence-corrected chi connectivity index (χ3v) is 6.62. The summed E-state index contributed by atoms with van der Waals surface area (Å²) in [6.45, 7) is 3.86. The van der Waals surface area contributed by atoms with Crippen LogP contribution in [0.25, 0.3) is 0 Å². The fourth-order valence-electron chi connectivity index (χ4n) is 3.97. The Morgan fingerprint density at radius 3 is 1.67 bits per heavy atom. The van der Waals surface area contributed by atoms with Gasteiger partial charge in [0.15, 0.2) is 0 Å². The van der Waals surface area contributed by atoms with Crippen LogP contribution in [0, 0.1) is 0 Å². The molecule has 0 N–H and O–H groups in total. The van der Waals surface area contributed by atoms with Crippen LogP contribution in [-0.4, -0.2) is 23.3 Å². The van der Waals surface area contributed by atoms with E-state index in [1.807, 2.05) is 23.3 Å². The summed E-state index contributed by atoms with van der Waals surface area (Å²) in [5, 5.41) is 0. The molecule has 5 nitrogen and oxygen atoms in total. The molecule has 0 fully saturated rings. The molecule has 0 bridgehead atoms. The number of hydrogen-bond donors (Lipinski definition) is 0. The minimum Gasteiger partial charge on any atom is -0.748 e. The maximum atomic E-state index is 10.6. The molecular formula is C24H46N2O3S. The van der Waals surface area contributed by atoms with Crippen LogP contribution in [0.2, 0.25) is 0 Å². The van der Waals surface area contributed by atoms with Crippen LogP contribution in [-0.2, 0) is 23.2 Å². The van der Waals surface area contributed by atoms with Crippen molar-refractivity contribution < 1.29 is 17.5 Å². The van der Waals surface area contributed by atoms with Gasteiger partial charge in [0.1, 0.15) is 12.4 Å². The normalized spacial score (nSPS) is 11.9. The van der Waals surface area contributed by atoms with Gasteiger partial charge in [0.2, 0.25) is 6.33 Å². The van der Waals surface area contributed by atoms with E-state index in [-0.39, 0.29) is 5.75 Å². The molecule has 1 heterocycles. The van der Waals surface area contributed by atoms with E-state index in [9.17, 15) is 13.0 Å². The van der Waals surface area contributed by atoms with Crippen molar-refractivity contribution >= 4 is 10.1 Å². The van der Waals surface area contributed by atoms with Gasteiger partial charge >= 0.3 is 0 Å². The second-order valence-electron chi connectivity index (χ2n) is 8.81. The van der Waals surface area contributed by atoms with Gasteiger partial charge in [0, 0.05) is 5.75 Å². The molecule has 0 aromatic carbocycles. The fourth-order valence-corrected chi connectivity index (χ4v) is 4.45. The highest BCUT2D eigenvalue weighted by Crippen LogP contribution is 2.13. The first-order chi connectivity index (χ1) is 14.5. The zero-order valence-corrected chi connectivity index (χ0v) is 20.2. The van der Waals surface area contributed by atoms with Crippen LogP contribution in [0.1, 0.15) is 116 Å². The molecule has 0 aliphatic carbocycles. The van der Waals surface area contributed by atoms with Gasteiger partial charge < -0.3 is 4.55 Å². The lowest BCUT2D eigenvalue weighted by Gasteiger charge is -2.04. The summed E-state index contributed by atoms with van der Waals surface area (Å²) in [6, 6.07) is 0. The van der Waals surface area contributed by atoms with Gasteiger partial charge in [-0.25, -0.2) is 17.6 Å². The molecule has 0 saturated carbocycles. The van der Waals surface area contributed by atoms with E-state index < -0.39 is 10.1 Å². The van der Waals surface area contributed by atoms with E-state index in [1.54, 1.807) is 0 Å². The quantitative estimate of drug-likeness (QED) is 0.134. The van der Waals surface area contributed by atoms with Gasteiger partial charge in [-0.2, -0.15) is 0 Å². The molecule has 0 aliphatic heterocycles. The standard InChI is InChI=1S/C24H46N2O3S/c1-2-3-4-5-6-7-8-9-10-11-12-13-14-15-16-17-19-25-21-22-26(24-25)20-18-23-30(27,28)29/h21-22,24H,2-20,23H2,1H3. The van der Waals surface area contributed by atoms with Crippen LogP contribution >= 0.6 is 0 Å². The smallest absolute Gasteiger partial charge is 0.243 e. The van der Waals surface area contributed by atoms with E-state index in [2.05, 4.69) is 11.5 Å². The largest absolute Gasteiger partial charge is 0.748 e. The molecule has 0 aliphatic rings. The second kappa shape index (κ2) is 17.8. The molecular weight excluding hydrogens is 396 g/mol. The second-order valence-corrected chi connectivity index (χ2v) is 10.3. The van der Waals surface area contributed by atoms with Crippen LogP contribution in [0.15, 0.2) is 18.7 Å². The Kier molecular flexibility index (Phi) is 16.1. The lowest BCUT2D eigenvalue weighted by molar-refractivity contribution is -0.696. The van der Waals surface area contributed by atoms with Gasteiger partial charge in [-0.05, 0) is 19.3 Å². The van der Waals surface area contributed by atoms with E-state index >= 15 is 0 Å². The van der Waals surface area contributed by atoms with Crippen molar-refractivity contribution in [3.05, 3.63) is 18.7 Å². The predicted molar refractivity (Wildman–Crippen MR) is 123 cm³/mol. The SMILES string of the molecule is CCCCCCCCCCCCCCCCCCn1cc[n+](CCCS(=O)(=O)[O-])c1. The van der Waals surface area contributed by atoms with Crippen molar-refractivity contribution in [1.82, 2.24) is 4.57 Å². The topological polar surface area (TPSA) is 66.0 Å². The summed E-state index contributed by atoms with van der Waals surface area (Å²) in [7, 11) is -4.10. The van der Waals surface area contributed by atoms with Crippen LogP contribution in [0.4, 0.5) is 0 Å². The Balaban J connectivity index is 1.84. The third kappa shape index (κ3) is 16.9. The van der Waals surface area contributed by atoms with Crippen molar-refractivity contribution in [2.45, 2.75) is 129 Å². The molecule has 0 spiro atoms. The predicted octanol–water partition coefficient (Wildman–Crippen LogP) is 5.97. The number of aryl methyl sites for hydroxylation is 2. The number of nitrogens with zero attached hydrogens (tertiary/aromatic N) is 2. The van der Waals surface area contributed by atoms with Gasteiger partial charge in [-0.3, -0.25) is 0 Å². The number of unbranched alkanes of at least 4 members (excludes halogenated alkanes) is 15. The van der Waals surface area contributed by atoms with E-state index in [1.165, 1.54) is 103 Å². The number of imidazole rings is 1. The van der Waals surface area contributed by atoms with Gasteiger partial charge in [-0.1, -0.05) is 96.8 Å². The first kappa shape index (κ1) is 27.2. The zero-order valence-electron chi connectivity index (χ0n) is 19.4. The minimum atomic E-state index is -4.10. The van der Waals surface area contributed by atoms with E-state index in [0.717, 1.165) is 6.54 Å². The first-order valence-electron chi connectivity index (χ1n) is 12.5. The average Bonchev–Trinajstić information content (AvgIpc) is 3.14. The molecule has 1 aromatic heterocycles. The summed E-state index contributed by atoms with van der Waals surface area (Å²) in [5.41, 5.74) is 0. The third-order valence-electron chi connectivity index (χ3n) is 5.83. The highest BCUT2D eigenvalue weighted by atomic mass is 32.2. The molecule has 0 radical (unpaired) electrons. The summed E-state index contributed by atoms with van der Waals surface area (Å²) >= 11 is 0. The lowest BCUT2D eigenvalue weighted by Crippen LogP contribution is -2.32. The number of aromatic nitrogens is 2. The summed E-state index contributed by atoms with van der Waals surface area (Å²) in [6.07, 6.45) is 28.4. The zero-order chi connectivity index (χ0) is 21.9. The van der Waals surface area contributed by atoms with Crippen molar-refractivity contribution in [2.75, 3.05) is 5.75 Å². The summed E-state index contributed by atoms with van der Waals surface area (Å²) < 4.78 is 36.0. The molecule has 30 heavy (non-hydrogen) atoms. The number of hydrogen-bond acceptors (Lipinski definition) is 3. The monoisotopic (exact) mass is 442 g/mol. The van der Waals surface area contributed by atoms with E-state index in [4.69, 9.17) is 0 Å². The Labute approximate surface area is 186 Å². The van der Waals surface area contributed by atoms with Gasteiger partial charge in [0.05, 0.1) is 23.2 Å². The van der Waals surface area contributed by atoms with Crippen molar-refractivity contribution in [3.8, 4) is 0 Å². The number of rotatable bonds is 21. The molecule has 176 valence electrons. The van der Waals surface area contributed by atoms with Crippen molar-refractivity contribution in [2.24, 2.45) is 0 Å². The molecule has 6 heteroatoms. The van der Waals surface area contributed by atoms with Crippen LogP contribution < -0.4 is 4.57 Å². The Morgan fingerprint density at radius 1 is 0.733 bits per heavy atom. The molecule has 1 aromatic rings. The molecule has 0 saturated heterocycles. The van der Waals surface area contributed by atoms with Crippen molar-refractivity contribution in [1.29, 1.82) is 0 Å². The summed E-state index contributed by atoms with van der Waals surface area (Å²) in [4.78, 5) is 0. The van der Waals surface area contributed by atoms with Crippen molar-refractivity contribution in [3.63, 3.8) is 0 Å². The van der Waals surface area contributed by atoms with E-state index in [0.29, 0.717) is 13.0 Å². The Bertz CT molecular complexity index is 614. The van der Waals surface area contributed by atoms with Crippen LogP contribution in [0.5, 0.6) is 0 Å². The molecule has 0 amide bonds. The maximum Gasteiger partial charge on any atom is 0.243 e. The lowest BCUT2D eigenvalue weighted by atomic mass is 10.0. The minimum absolute atomic E-state index is 0.287. The molecule has 0 atom stereocenters. The van der Waals surface area contributed by atoms with Gasteiger partial charge in [0.25, 0.3) is 0 Å². The highest BCUT2D eigenvalue weighted by molar-refractivity contribution is 7.85. The maximum absolute atomic E-state index is 10.6. The highest BCUT2D eigenvalue weighted by Gasteiger charge is 2.04. The van der Waals surface area contributed by atoms with Crippen LogP contribution in [0.3, 0.4) is 0 Å². The molecule has 0 unspecified atom stereocenters. The van der Waals surface area contributed by atoms with Gasteiger partial charge in [-0.15, -0.1) is 0 Å². The fraction of sp³-hybridized carbons (Fsp3) is 0.875. The molecule has 1 rings (SSSR count). The first-order valence-corrected chi connectivity index (χ1v) is 14.1.